The molecule has 0 aliphatic carbocycles. The molecule has 2 amide bonds. The lowest BCUT2D eigenvalue weighted by Gasteiger charge is -2.12. The molecule has 0 fully saturated rings. The Morgan fingerprint density at radius 2 is 1.61 bits per heavy atom. The van der Waals surface area contributed by atoms with E-state index in [1.54, 1.807) is 26.0 Å². The Kier molecular flexibility index (Phi) is 6.71. The Bertz CT molecular complexity index is 654. The van der Waals surface area contributed by atoms with Crippen LogP contribution in [-0.2, 0) is 19.6 Å². The number of hydrazine groups is 1. The maximum atomic E-state index is 12.1. The molecule has 0 aliphatic heterocycles. The fourth-order valence-electron chi connectivity index (χ4n) is 1.77. The molecule has 0 aliphatic rings. The van der Waals surface area contributed by atoms with Crippen molar-refractivity contribution in [3.8, 4) is 0 Å². The number of amides is 2. The zero-order valence-corrected chi connectivity index (χ0v) is 14.5. The Balaban J connectivity index is 2.72. The number of rotatable bonds is 6. The fourth-order valence-corrected chi connectivity index (χ4v) is 2.61. The second-order valence-corrected chi connectivity index (χ2v) is 7.25. The Morgan fingerprint density at radius 3 is 2.09 bits per heavy atom. The van der Waals surface area contributed by atoms with Crippen LogP contribution in [0.1, 0.15) is 45.6 Å². The van der Waals surface area contributed by atoms with E-state index in [2.05, 4.69) is 19.2 Å². The first-order valence-electron chi connectivity index (χ1n) is 7.40. The molecular formula is C15H23N3O4S. The second-order valence-electron chi connectivity index (χ2n) is 5.57. The summed E-state index contributed by atoms with van der Waals surface area (Å²) in [6.45, 7) is 7.48. The summed E-state index contributed by atoms with van der Waals surface area (Å²) in [5.74, 6) is -1.65. The summed E-state index contributed by atoms with van der Waals surface area (Å²) < 4.78 is 24.1. The maximum Gasteiger partial charge on any atom is 0.324 e. The summed E-state index contributed by atoms with van der Waals surface area (Å²) in [5, 5.41) is 2.36. The van der Waals surface area contributed by atoms with Crippen LogP contribution in [0.3, 0.4) is 0 Å². The predicted octanol–water partition coefficient (Wildman–Crippen LogP) is 1.03. The van der Waals surface area contributed by atoms with Crippen LogP contribution in [0.15, 0.2) is 29.2 Å². The number of hydrogen-bond donors (Lipinski definition) is 3. The van der Waals surface area contributed by atoms with Crippen LogP contribution in [-0.4, -0.2) is 26.3 Å². The van der Waals surface area contributed by atoms with Gasteiger partial charge in [0.05, 0.1) is 4.90 Å². The van der Waals surface area contributed by atoms with E-state index in [0.29, 0.717) is 5.92 Å². The second kappa shape index (κ2) is 8.07. The van der Waals surface area contributed by atoms with E-state index >= 15 is 0 Å². The molecule has 128 valence electrons. The molecule has 1 rings (SSSR count). The van der Waals surface area contributed by atoms with Crippen LogP contribution in [0.25, 0.3) is 0 Å². The van der Waals surface area contributed by atoms with Gasteiger partial charge in [0.15, 0.2) is 0 Å². The van der Waals surface area contributed by atoms with Crippen LogP contribution in [0, 0.1) is 0 Å². The van der Waals surface area contributed by atoms with Crippen LogP contribution >= 0.6 is 0 Å². The van der Waals surface area contributed by atoms with Gasteiger partial charge in [0.1, 0.15) is 0 Å². The van der Waals surface area contributed by atoms with Gasteiger partial charge >= 0.3 is 11.8 Å². The molecule has 1 atom stereocenters. The minimum atomic E-state index is -3.93. The van der Waals surface area contributed by atoms with Gasteiger partial charge in [0.25, 0.3) is 10.0 Å². The van der Waals surface area contributed by atoms with E-state index in [0.717, 1.165) is 12.0 Å². The Labute approximate surface area is 136 Å². The van der Waals surface area contributed by atoms with E-state index in [4.69, 9.17) is 0 Å². The monoisotopic (exact) mass is 341 g/mol. The maximum absolute atomic E-state index is 12.1. The van der Waals surface area contributed by atoms with Gasteiger partial charge in [-0.3, -0.25) is 15.0 Å². The molecule has 1 aromatic rings. The van der Waals surface area contributed by atoms with Gasteiger partial charge in [-0.25, -0.2) is 8.42 Å². The summed E-state index contributed by atoms with van der Waals surface area (Å²) in [7, 11) is -3.93. The number of carbonyl (C=O) groups excluding carboxylic acids is 2. The van der Waals surface area contributed by atoms with Gasteiger partial charge in [0, 0.05) is 6.04 Å². The van der Waals surface area contributed by atoms with Crippen molar-refractivity contribution in [3.63, 3.8) is 0 Å². The van der Waals surface area contributed by atoms with Crippen molar-refractivity contribution >= 4 is 21.8 Å². The van der Waals surface area contributed by atoms with Crippen molar-refractivity contribution in [2.75, 3.05) is 0 Å². The van der Waals surface area contributed by atoms with Gasteiger partial charge < -0.3 is 5.32 Å². The minimum absolute atomic E-state index is 0.00845. The topological polar surface area (TPSA) is 104 Å². The average Bonchev–Trinajstić information content (AvgIpc) is 2.51. The Hall–Kier alpha value is -1.93. The summed E-state index contributed by atoms with van der Waals surface area (Å²) in [4.78, 5) is 24.8. The first-order chi connectivity index (χ1) is 10.7. The molecule has 1 aromatic carbocycles. The van der Waals surface area contributed by atoms with Crippen molar-refractivity contribution in [2.45, 2.75) is 51.0 Å². The highest BCUT2D eigenvalue weighted by Gasteiger charge is 2.19. The standard InChI is InChI=1S/C15H23N3O4S/c1-5-11(4)12-6-8-13(9-7-12)23(21,22)18-17-15(20)14(19)16-10(2)3/h6-11,18H,5H2,1-4H3,(H,16,19)(H,17,20)/t11-/m0/s1. The van der Waals surface area contributed by atoms with Crippen molar-refractivity contribution in [1.29, 1.82) is 0 Å². The van der Waals surface area contributed by atoms with E-state index < -0.39 is 21.8 Å². The third-order valence-corrected chi connectivity index (χ3v) is 4.56. The third kappa shape index (κ3) is 5.65. The van der Waals surface area contributed by atoms with Gasteiger partial charge in [-0.2, -0.15) is 0 Å². The van der Waals surface area contributed by atoms with E-state index in [1.165, 1.54) is 12.1 Å². The molecule has 23 heavy (non-hydrogen) atoms. The van der Waals surface area contributed by atoms with Crippen molar-refractivity contribution in [2.24, 2.45) is 0 Å². The Morgan fingerprint density at radius 1 is 1.04 bits per heavy atom. The highest BCUT2D eigenvalue weighted by Crippen LogP contribution is 2.20. The number of carbonyl (C=O) groups is 2. The largest absolute Gasteiger partial charge is 0.346 e. The normalized spacial score (nSPS) is 12.7. The first kappa shape index (κ1) is 19.1. The number of benzene rings is 1. The molecule has 0 unspecified atom stereocenters. The lowest BCUT2D eigenvalue weighted by molar-refractivity contribution is -0.139. The van der Waals surface area contributed by atoms with Gasteiger partial charge in [-0.15, -0.1) is 4.83 Å². The highest BCUT2D eigenvalue weighted by atomic mass is 32.2. The van der Waals surface area contributed by atoms with Crippen molar-refractivity contribution in [3.05, 3.63) is 29.8 Å². The van der Waals surface area contributed by atoms with E-state index in [9.17, 15) is 18.0 Å². The van der Waals surface area contributed by atoms with Crippen molar-refractivity contribution < 1.29 is 18.0 Å². The van der Waals surface area contributed by atoms with E-state index in [1.807, 2.05) is 10.3 Å². The van der Waals surface area contributed by atoms with Crippen molar-refractivity contribution in [1.82, 2.24) is 15.6 Å². The van der Waals surface area contributed by atoms with Crippen LogP contribution < -0.4 is 15.6 Å². The number of sulfonamides is 1. The predicted molar refractivity (Wildman–Crippen MR) is 86.9 cm³/mol. The molecule has 0 heterocycles. The zero-order valence-electron chi connectivity index (χ0n) is 13.7. The fraction of sp³-hybridized carbons (Fsp3) is 0.467. The van der Waals surface area contributed by atoms with Gasteiger partial charge in [0.2, 0.25) is 0 Å². The molecule has 0 spiro atoms. The molecule has 7 nitrogen and oxygen atoms in total. The van der Waals surface area contributed by atoms with Gasteiger partial charge in [-0.1, -0.05) is 26.0 Å². The number of hydrogen-bond acceptors (Lipinski definition) is 4. The third-order valence-electron chi connectivity index (χ3n) is 3.30. The molecule has 0 saturated heterocycles. The lowest BCUT2D eigenvalue weighted by atomic mass is 9.99. The molecule has 0 aromatic heterocycles. The SMILES string of the molecule is CC[C@H](C)c1ccc(S(=O)(=O)NNC(=O)C(=O)NC(C)C)cc1. The highest BCUT2D eigenvalue weighted by molar-refractivity contribution is 7.89. The molecule has 0 radical (unpaired) electrons. The minimum Gasteiger partial charge on any atom is -0.346 e. The van der Waals surface area contributed by atoms with Crippen LogP contribution in [0.5, 0.6) is 0 Å². The average molecular weight is 341 g/mol. The lowest BCUT2D eigenvalue weighted by Crippen LogP contribution is -2.49. The van der Waals surface area contributed by atoms with Gasteiger partial charge in [-0.05, 0) is 43.9 Å². The van der Waals surface area contributed by atoms with E-state index in [-0.39, 0.29) is 10.9 Å². The summed E-state index contributed by atoms with van der Waals surface area (Å²) >= 11 is 0. The molecule has 0 bridgehead atoms. The summed E-state index contributed by atoms with van der Waals surface area (Å²) in [5.41, 5.74) is 2.92. The van der Waals surface area contributed by atoms with Crippen LogP contribution in [0.2, 0.25) is 0 Å². The summed E-state index contributed by atoms with van der Waals surface area (Å²) in [6.07, 6.45) is 0.950. The molecule has 3 N–H and O–H groups in total. The molecule has 8 heteroatoms. The van der Waals surface area contributed by atoms with Crippen LogP contribution in [0.4, 0.5) is 0 Å². The number of nitrogens with one attached hydrogen (secondary N) is 3. The molecule has 0 saturated carbocycles. The first-order valence-corrected chi connectivity index (χ1v) is 8.88. The smallest absolute Gasteiger partial charge is 0.324 e. The molecular weight excluding hydrogens is 318 g/mol. The zero-order chi connectivity index (χ0) is 17.6. The summed E-state index contributed by atoms with van der Waals surface area (Å²) in [6, 6.07) is 6.17. The quantitative estimate of drug-likeness (QED) is 0.531.